The van der Waals surface area contributed by atoms with Crippen LogP contribution in [-0.2, 0) is 19.3 Å². The van der Waals surface area contributed by atoms with Crippen LogP contribution >= 0.6 is 0 Å². The highest BCUT2D eigenvalue weighted by Crippen LogP contribution is 2.38. The van der Waals surface area contributed by atoms with Crippen LogP contribution in [0.1, 0.15) is 68.0 Å². The van der Waals surface area contributed by atoms with Crippen molar-refractivity contribution in [2.75, 3.05) is 0 Å². The summed E-state index contributed by atoms with van der Waals surface area (Å²) < 4.78 is 30.3. The normalized spacial score (nSPS) is 13.9. The molecule has 0 fully saturated rings. The molecule has 0 aromatic heterocycles. The minimum atomic E-state index is -4.03. The molecule has 0 saturated heterocycles. The smallest absolute Gasteiger partial charge is 0.264 e. The van der Waals surface area contributed by atoms with E-state index >= 15 is 0 Å². The van der Waals surface area contributed by atoms with Gasteiger partial charge >= 0.3 is 10.1 Å². The van der Waals surface area contributed by atoms with Gasteiger partial charge in [0.15, 0.2) is 0 Å². The van der Waals surface area contributed by atoms with Crippen molar-refractivity contribution in [1.29, 1.82) is 0 Å². The van der Waals surface area contributed by atoms with Gasteiger partial charge in [-0.05, 0) is 61.8 Å². The second-order valence-corrected chi connectivity index (χ2v) is 9.85. The summed E-state index contributed by atoms with van der Waals surface area (Å²) in [4.78, 5) is 4.87. The van der Waals surface area contributed by atoms with E-state index in [0.29, 0.717) is 22.4 Å². The molecule has 1 N–H and O–H groups in total. The Hall–Kier alpha value is -2.22. The minimum Gasteiger partial charge on any atom is -0.264 e. The van der Waals surface area contributed by atoms with Crippen molar-refractivity contribution in [1.82, 2.24) is 0 Å². The molecule has 2 aromatic carbocycles. The van der Waals surface area contributed by atoms with Gasteiger partial charge in [0, 0.05) is 0 Å². The van der Waals surface area contributed by atoms with Crippen LogP contribution in [0.15, 0.2) is 46.4 Å². The second kappa shape index (κ2) is 9.29. The van der Waals surface area contributed by atoms with Gasteiger partial charge in [-0.25, -0.2) is 4.89 Å². The lowest BCUT2D eigenvalue weighted by atomic mass is 9.80. The number of benzene rings is 2. The van der Waals surface area contributed by atoms with Gasteiger partial charge in [0.05, 0.1) is 5.71 Å². The summed E-state index contributed by atoms with van der Waals surface area (Å²) in [6, 6.07) is 10.9. The predicted molar refractivity (Wildman–Crippen MR) is 118 cm³/mol. The zero-order chi connectivity index (χ0) is 22.7. The number of aryl methyl sites for hydroxylation is 3. The molecule has 0 spiro atoms. The molecule has 1 atom stereocenters. The molecule has 2 rings (SSSR count). The Morgan fingerprint density at radius 1 is 1.10 bits per heavy atom. The van der Waals surface area contributed by atoms with Gasteiger partial charge < -0.3 is 0 Å². The van der Waals surface area contributed by atoms with Crippen molar-refractivity contribution < 1.29 is 22.8 Å². The molecule has 7 heteroatoms. The van der Waals surface area contributed by atoms with Gasteiger partial charge in [-0.1, -0.05) is 67.9 Å². The fourth-order valence-corrected chi connectivity index (χ4v) is 4.69. The Morgan fingerprint density at radius 2 is 1.63 bits per heavy atom. The third kappa shape index (κ3) is 5.28. The first kappa shape index (κ1) is 24.1. The quantitative estimate of drug-likeness (QED) is 0.327. The van der Waals surface area contributed by atoms with Crippen molar-refractivity contribution in [3.63, 3.8) is 0 Å². The number of oxime groups is 1. The van der Waals surface area contributed by atoms with Crippen LogP contribution in [0.3, 0.4) is 0 Å². The molecule has 1 unspecified atom stereocenters. The number of rotatable bonds is 8. The van der Waals surface area contributed by atoms with Crippen molar-refractivity contribution in [2.24, 2.45) is 10.6 Å². The molecule has 0 aliphatic rings. The van der Waals surface area contributed by atoms with Crippen LogP contribution in [0.4, 0.5) is 0 Å². The molecule has 0 bridgehead atoms. The Bertz CT molecular complexity index is 1000. The summed E-state index contributed by atoms with van der Waals surface area (Å²) in [5.41, 5.74) is 3.93. The molecule has 2 aromatic rings. The van der Waals surface area contributed by atoms with Gasteiger partial charge in [0.1, 0.15) is 11.0 Å². The fourth-order valence-electron chi connectivity index (χ4n) is 3.50. The molecule has 164 valence electrons. The van der Waals surface area contributed by atoms with Crippen LogP contribution in [0.2, 0.25) is 0 Å². The third-order valence-corrected chi connectivity index (χ3v) is 6.90. The number of hydrogen-bond donors (Lipinski definition) is 1. The topological polar surface area (TPSA) is 85.2 Å². The zero-order valence-electron chi connectivity index (χ0n) is 18.7. The highest BCUT2D eigenvalue weighted by Gasteiger charge is 2.30. The summed E-state index contributed by atoms with van der Waals surface area (Å²) in [5, 5.41) is 13.2. The summed E-state index contributed by atoms with van der Waals surface area (Å²) in [6.45, 7) is 13.1. The predicted octanol–water partition coefficient (Wildman–Crippen LogP) is 5.71. The lowest BCUT2D eigenvalue weighted by molar-refractivity contribution is -0.305. The zero-order valence-corrected chi connectivity index (χ0v) is 19.5. The van der Waals surface area contributed by atoms with E-state index in [-0.39, 0.29) is 10.3 Å². The molecule has 30 heavy (non-hydrogen) atoms. The Labute approximate surface area is 179 Å². The lowest BCUT2D eigenvalue weighted by Crippen LogP contribution is -2.23. The molecular weight excluding hydrogens is 402 g/mol. The second-order valence-electron chi connectivity index (χ2n) is 8.38. The van der Waals surface area contributed by atoms with Gasteiger partial charge in [0.25, 0.3) is 0 Å². The summed E-state index contributed by atoms with van der Waals surface area (Å²) in [7, 11) is -4.03. The average molecular weight is 434 g/mol. The highest BCUT2D eigenvalue weighted by molar-refractivity contribution is 7.86. The largest absolute Gasteiger partial charge is 0.359 e. The van der Waals surface area contributed by atoms with Crippen LogP contribution < -0.4 is 0 Å². The van der Waals surface area contributed by atoms with Crippen molar-refractivity contribution >= 4 is 15.8 Å². The van der Waals surface area contributed by atoms with E-state index in [0.717, 1.165) is 17.5 Å². The molecule has 0 aliphatic carbocycles. The summed E-state index contributed by atoms with van der Waals surface area (Å²) in [5.74, 6) is 0. The minimum absolute atomic E-state index is 0.143. The lowest BCUT2D eigenvalue weighted by Gasteiger charge is -2.31. The van der Waals surface area contributed by atoms with Crippen LogP contribution in [0.25, 0.3) is 0 Å². The van der Waals surface area contributed by atoms with E-state index in [1.165, 1.54) is 0 Å². The Morgan fingerprint density at radius 3 is 2.10 bits per heavy atom. The first-order valence-corrected chi connectivity index (χ1v) is 11.3. The van der Waals surface area contributed by atoms with Gasteiger partial charge in [-0.3, -0.25) is 9.54 Å². The van der Waals surface area contributed by atoms with Gasteiger partial charge in [-0.15, -0.1) is 0 Å². The maximum Gasteiger partial charge on any atom is 0.359 e. The number of nitrogens with zero attached hydrogens (tertiary/aromatic N) is 1. The third-order valence-electron chi connectivity index (χ3n) is 5.48. The van der Waals surface area contributed by atoms with E-state index in [1.54, 1.807) is 45.0 Å². The van der Waals surface area contributed by atoms with E-state index in [1.807, 2.05) is 39.8 Å². The molecule has 0 saturated carbocycles. The maximum absolute atomic E-state index is 12.7. The molecular formula is C23H31NO5S. The maximum atomic E-state index is 12.7. The summed E-state index contributed by atoms with van der Waals surface area (Å²) >= 11 is 0. The van der Waals surface area contributed by atoms with Gasteiger partial charge in [-0.2, -0.15) is 8.42 Å². The average Bonchev–Trinajstić information content (AvgIpc) is 2.66. The monoisotopic (exact) mass is 433 g/mol. The molecule has 0 amide bonds. The fraction of sp³-hybridized carbons (Fsp3) is 0.435. The SMILES string of the molecule is CCC(C)(C)C(OO)c1ccc(/C(C)=N\OS(=O)(=O)c2c(C)cc(C)cc2C)cc1. The van der Waals surface area contributed by atoms with E-state index in [2.05, 4.69) is 5.16 Å². The van der Waals surface area contributed by atoms with Crippen LogP contribution in [0, 0.1) is 26.2 Å². The van der Waals surface area contributed by atoms with Crippen molar-refractivity contribution in [3.05, 3.63) is 64.2 Å². The van der Waals surface area contributed by atoms with E-state index in [9.17, 15) is 13.7 Å². The van der Waals surface area contributed by atoms with E-state index < -0.39 is 16.2 Å². The molecule has 0 radical (unpaired) electrons. The first-order valence-electron chi connectivity index (χ1n) is 9.89. The first-order chi connectivity index (χ1) is 13.9. The highest BCUT2D eigenvalue weighted by atomic mass is 32.2. The van der Waals surface area contributed by atoms with E-state index in [4.69, 9.17) is 9.17 Å². The molecule has 0 heterocycles. The van der Waals surface area contributed by atoms with Crippen molar-refractivity contribution in [3.8, 4) is 0 Å². The molecule has 0 aliphatic heterocycles. The van der Waals surface area contributed by atoms with Crippen LogP contribution in [0.5, 0.6) is 0 Å². The standard InChI is InChI=1S/C23H31NO5S/c1-8-23(6,7)22(28-25)20-11-9-19(10-12-20)18(5)24-29-30(26,27)21-16(3)13-15(2)14-17(21)4/h9-14,22,25H,8H2,1-7H3/b24-18-. The number of hydrogen-bond acceptors (Lipinski definition) is 6. The summed E-state index contributed by atoms with van der Waals surface area (Å²) in [6.07, 6.45) is 0.349. The molecule has 6 nitrogen and oxygen atoms in total. The van der Waals surface area contributed by atoms with Crippen molar-refractivity contribution in [2.45, 2.75) is 65.9 Å². The van der Waals surface area contributed by atoms with Gasteiger partial charge in [0.2, 0.25) is 0 Å². The van der Waals surface area contributed by atoms with Crippen LogP contribution in [-0.4, -0.2) is 19.4 Å². The Kier molecular flexibility index (Phi) is 7.45. The Balaban J connectivity index is 2.26.